The number of nitrogens with zero attached hydrogens (tertiary/aromatic N) is 3. The third kappa shape index (κ3) is 3.12. The highest BCUT2D eigenvalue weighted by atomic mass is 19.1. The van der Waals surface area contributed by atoms with Gasteiger partial charge in [0.15, 0.2) is 11.5 Å². The van der Waals surface area contributed by atoms with E-state index in [9.17, 15) is 9.18 Å². The van der Waals surface area contributed by atoms with Gasteiger partial charge in [-0.3, -0.25) is 4.79 Å². The molecule has 0 fully saturated rings. The Morgan fingerprint density at radius 1 is 1.00 bits per heavy atom. The molecule has 0 aliphatic carbocycles. The molecule has 0 aromatic carbocycles. The van der Waals surface area contributed by atoms with Crippen LogP contribution in [-0.4, -0.2) is 21.2 Å². The lowest BCUT2D eigenvalue weighted by atomic mass is 10.0. The molecule has 4 aromatic rings. The number of hydrogen-bond acceptors (Lipinski definition) is 6. The van der Waals surface area contributed by atoms with Crippen molar-refractivity contribution < 1.29 is 13.2 Å². The number of anilines is 1. The van der Waals surface area contributed by atoms with Gasteiger partial charge in [-0.25, -0.2) is 14.4 Å². The van der Waals surface area contributed by atoms with Crippen LogP contribution in [-0.2, 0) is 6.54 Å². The van der Waals surface area contributed by atoms with Gasteiger partial charge >= 0.3 is 0 Å². The Morgan fingerprint density at radius 2 is 1.63 bits per heavy atom. The topological polar surface area (TPSA) is 100 Å². The van der Waals surface area contributed by atoms with E-state index >= 15 is 0 Å². The van der Waals surface area contributed by atoms with Crippen molar-refractivity contribution in [3.05, 3.63) is 65.5 Å². The molecule has 4 rings (SSSR count). The maximum atomic E-state index is 12.8. The second kappa shape index (κ2) is 6.91. The van der Waals surface area contributed by atoms with Crippen LogP contribution in [0.5, 0.6) is 0 Å². The van der Waals surface area contributed by atoms with E-state index in [2.05, 4.69) is 9.97 Å². The monoisotopic (exact) mass is 366 g/mol. The van der Waals surface area contributed by atoms with Crippen LogP contribution in [0.25, 0.3) is 34.0 Å². The Balaban J connectivity index is 2.03. The summed E-state index contributed by atoms with van der Waals surface area (Å²) in [4.78, 5) is 20.6. The van der Waals surface area contributed by atoms with Crippen molar-refractivity contribution in [1.82, 2.24) is 14.5 Å². The van der Waals surface area contributed by atoms with Crippen molar-refractivity contribution in [2.45, 2.75) is 6.54 Å². The van der Waals surface area contributed by atoms with Crippen LogP contribution < -0.4 is 11.3 Å². The van der Waals surface area contributed by atoms with Crippen molar-refractivity contribution in [2.75, 3.05) is 12.4 Å². The maximum absolute atomic E-state index is 12.8. The van der Waals surface area contributed by atoms with Gasteiger partial charge in [0.2, 0.25) is 5.95 Å². The lowest BCUT2D eigenvalue weighted by molar-refractivity contribution is 0.440. The molecule has 0 radical (unpaired) electrons. The van der Waals surface area contributed by atoms with Gasteiger partial charge in [-0.05, 0) is 30.3 Å². The van der Waals surface area contributed by atoms with Crippen LogP contribution in [0.2, 0.25) is 0 Å². The molecule has 136 valence electrons. The Kier molecular flexibility index (Phi) is 4.29. The van der Waals surface area contributed by atoms with Gasteiger partial charge in [-0.1, -0.05) is 0 Å². The summed E-state index contributed by atoms with van der Waals surface area (Å²) in [5.74, 6) is 1.01. The van der Waals surface area contributed by atoms with E-state index in [0.29, 0.717) is 34.0 Å². The fourth-order valence-electron chi connectivity index (χ4n) is 2.88. The molecule has 0 saturated heterocycles. The number of aromatic nitrogens is 3. The van der Waals surface area contributed by atoms with Gasteiger partial charge < -0.3 is 19.1 Å². The quantitative estimate of drug-likeness (QED) is 0.581. The number of aryl methyl sites for hydroxylation is 1. The highest BCUT2D eigenvalue weighted by Gasteiger charge is 2.22. The molecule has 0 aliphatic heterocycles. The van der Waals surface area contributed by atoms with E-state index in [1.165, 1.54) is 23.2 Å². The largest absolute Gasteiger partial charge is 0.463 e. The molecule has 0 atom stereocenters. The lowest BCUT2D eigenvalue weighted by Gasteiger charge is -2.13. The lowest BCUT2D eigenvalue weighted by Crippen LogP contribution is -2.19. The number of nitrogens with two attached hydrogens (primary N) is 1. The van der Waals surface area contributed by atoms with Crippen LogP contribution in [0.1, 0.15) is 0 Å². The van der Waals surface area contributed by atoms with Crippen molar-refractivity contribution in [2.24, 2.45) is 0 Å². The molecule has 4 aromatic heterocycles. The third-order valence-electron chi connectivity index (χ3n) is 4.03. The van der Waals surface area contributed by atoms with E-state index in [-0.39, 0.29) is 18.1 Å². The van der Waals surface area contributed by atoms with Crippen LogP contribution >= 0.6 is 0 Å². The second-order valence-corrected chi connectivity index (χ2v) is 5.75. The first kappa shape index (κ1) is 16.8. The third-order valence-corrected chi connectivity index (χ3v) is 4.03. The van der Waals surface area contributed by atoms with Crippen molar-refractivity contribution in [1.29, 1.82) is 0 Å². The molecule has 0 spiro atoms. The molecule has 8 heteroatoms. The van der Waals surface area contributed by atoms with Gasteiger partial charge in [0.1, 0.15) is 18.1 Å². The molecule has 0 saturated carbocycles. The minimum Gasteiger partial charge on any atom is -0.463 e. The fourth-order valence-corrected chi connectivity index (χ4v) is 2.88. The Morgan fingerprint density at radius 3 is 2.15 bits per heavy atom. The molecule has 7 nitrogen and oxygen atoms in total. The summed E-state index contributed by atoms with van der Waals surface area (Å²) in [7, 11) is 0. The predicted molar refractivity (Wildman–Crippen MR) is 97.5 cm³/mol. The summed E-state index contributed by atoms with van der Waals surface area (Å²) in [6.45, 7) is -0.702. The average molecular weight is 366 g/mol. The zero-order valence-electron chi connectivity index (χ0n) is 14.1. The Bertz CT molecular complexity index is 1060. The highest BCUT2D eigenvalue weighted by Crippen LogP contribution is 2.38. The van der Waals surface area contributed by atoms with Gasteiger partial charge in [0.05, 0.1) is 19.1 Å². The van der Waals surface area contributed by atoms with Gasteiger partial charge in [-0.2, -0.15) is 0 Å². The first-order valence-electron chi connectivity index (χ1n) is 8.19. The smallest absolute Gasteiger partial charge is 0.250 e. The van der Waals surface area contributed by atoms with Crippen molar-refractivity contribution in [3.8, 4) is 34.0 Å². The van der Waals surface area contributed by atoms with Crippen LogP contribution in [0.3, 0.4) is 0 Å². The number of nitrogen functional groups attached to an aromatic ring is 1. The molecule has 27 heavy (non-hydrogen) atoms. The van der Waals surface area contributed by atoms with E-state index in [1.54, 1.807) is 36.5 Å². The first-order chi connectivity index (χ1) is 13.2. The molecular weight excluding hydrogens is 351 g/mol. The zero-order chi connectivity index (χ0) is 18.8. The molecule has 0 aliphatic rings. The standard InChI is InChI=1S/C19H15FN4O3/c20-7-8-24-11-12(5-6-15(24)25)16-17(13-3-1-9-26-13)22-19(21)23-18(16)14-4-2-10-27-14/h1-6,9-11H,7-8H2,(H2,21,22,23). The summed E-state index contributed by atoms with van der Waals surface area (Å²) >= 11 is 0. The first-order valence-corrected chi connectivity index (χ1v) is 8.19. The summed E-state index contributed by atoms with van der Waals surface area (Å²) < 4.78 is 25.1. The van der Waals surface area contributed by atoms with Crippen LogP contribution in [0, 0.1) is 0 Å². The molecule has 4 heterocycles. The minimum atomic E-state index is -0.655. The number of alkyl halides is 1. The normalized spacial score (nSPS) is 11.0. The summed E-state index contributed by atoms with van der Waals surface area (Å²) in [6.07, 6.45) is 4.61. The number of halogens is 1. The van der Waals surface area contributed by atoms with E-state index in [1.807, 2.05) is 0 Å². The van der Waals surface area contributed by atoms with Crippen molar-refractivity contribution >= 4 is 5.95 Å². The second-order valence-electron chi connectivity index (χ2n) is 5.75. The predicted octanol–water partition coefficient (Wildman–Crippen LogP) is 3.38. The van der Waals surface area contributed by atoms with E-state index in [0.717, 1.165) is 0 Å². The molecule has 2 N–H and O–H groups in total. The number of rotatable bonds is 5. The zero-order valence-corrected chi connectivity index (χ0v) is 14.1. The Labute approximate surface area is 152 Å². The average Bonchev–Trinajstić information content (AvgIpc) is 3.37. The van der Waals surface area contributed by atoms with Crippen LogP contribution in [0.4, 0.5) is 10.3 Å². The molecule has 0 unspecified atom stereocenters. The maximum Gasteiger partial charge on any atom is 0.250 e. The SMILES string of the molecule is Nc1nc(-c2ccco2)c(-c2ccc(=O)n(CCF)c2)c(-c2ccco2)n1. The molecule has 0 amide bonds. The van der Waals surface area contributed by atoms with E-state index in [4.69, 9.17) is 14.6 Å². The van der Waals surface area contributed by atoms with E-state index < -0.39 is 6.67 Å². The summed E-state index contributed by atoms with van der Waals surface area (Å²) in [5.41, 5.74) is 7.69. The molecule has 0 bridgehead atoms. The van der Waals surface area contributed by atoms with Gasteiger partial charge in [-0.15, -0.1) is 0 Å². The minimum absolute atomic E-state index is 0.0470. The number of furan rings is 2. The fraction of sp³-hybridized carbons (Fsp3) is 0.105. The molecular formula is C19H15FN4O3. The number of pyridine rings is 1. The van der Waals surface area contributed by atoms with Gasteiger partial charge in [0.25, 0.3) is 5.56 Å². The van der Waals surface area contributed by atoms with Crippen molar-refractivity contribution in [3.63, 3.8) is 0 Å². The highest BCUT2D eigenvalue weighted by molar-refractivity contribution is 5.89. The Hall–Kier alpha value is -3.68. The number of hydrogen-bond donors (Lipinski definition) is 1. The summed E-state index contributed by atoms with van der Waals surface area (Å²) in [6, 6.07) is 9.95. The van der Waals surface area contributed by atoms with Gasteiger partial charge in [0, 0.05) is 23.4 Å². The van der Waals surface area contributed by atoms with Crippen LogP contribution in [0.15, 0.2) is 68.8 Å². The summed E-state index contributed by atoms with van der Waals surface area (Å²) in [5, 5.41) is 0.